The number of aliphatic hydroxyl groups excluding tert-OH is 2. The highest BCUT2D eigenvalue weighted by Crippen LogP contribution is 2.23. The smallest absolute Gasteiger partial charge is 0.280 e. The van der Waals surface area contributed by atoms with Crippen LogP contribution in [0.4, 0.5) is 5.82 Å². The Kier molecular flexibility index (Phi) is 9.18. The summed E-state index contributed by atoms with van der Waals surface area (Å²) in [6.07, 6.45) is 1.66. The number of carbonyl (C=O) groups is 1. The van der Waals surface area contributed by atoms with Gasteiger partial charge >= 0.3 is 0 Å². The number of fused-ring (bicyclic) bond motifs is 1. The molecule has 0 radical (unpaired) electrons. The SMILES string of the molecule is Cc1nc(N)c(C(=O)NC(=N)NCCCCc2ccc3cc(OCC(O)CO)ccc3c2)nc1Cl. The Morgan fingerprint density at radius 2 is 1.94 bits per heavy atom. The van der Waals surface area contributed by atoms with Gasteiger partial charge in [-0.25, -0.2) is 9.97 Å². The molecule has 2 aromatic carbocycles. The van der Waals surface area contributed by atoms with Crippen LogP contribution in [0.25, 0.3) is 10.8 Å². The Morgan fingerprint density at radius 1 is 1.20 bits per heavy atom. The third kappa shape index (κ3) is 7.51. The largest absolute Gasteiger partial charge is 0.491 e. The van der Waals surface area contributed by atoms with Crippen LogP contribution in [0.15, 0.2) is 36.4 Å². The van der Waals surface area contributed by atoms with E-state index in [1.165, 1.54) is 5.56 Å². The minimum atomic E-state index is -0.900. The van der Waals surface area contributed by atoms with Crippen LogP contribution in [0, 0.1) is 12.3 Å². The van der Waals surface area contributed by atoms with Crippen LogP contribution >= 0.6 is 11.6 Å². The Morgan fingerprint density at radius 3 is 2.71 bits per heavy atom. The first-order valence-corrected chi connectivity index (χ1v) is 11.5. The number of hydrogen-bond acceptors (Lipinski definition) is 8. The number of benzene rings is 2. The molecule has 1 amide bonds. The lowest BCUT2D eigenvalue weighted by Gasteiger charge is -2.11. The molecule has 0 saturated carbocycles. The molecule has 1 unspecified atom stereocenters. The molecule has 3 rings (SSSR count). The number of ether oxygens (including phenoxy) is 1. The standard InChI is InChI=1S/C24H29ClN6O4/c1-14-21(25)30-20(22(26)29-14)23(34)31-24(27)28-9-3-2-4-15-5-6-17-11-19(8-7-16(17)10-15)35-13-18(33)12-32/h5-8,10-11,18,32-33H,2-4,9,12-13H2,1H3,(H2,26,29)(H3,27,28,31,34). The van der Waals surface area contributed by atoms with Gasteiger partial charge in [0.2, 0.25) is 0 Å². The molecule has 35 heavy (non-hydrogen) atoms. The molecular weight excluding hydrogens is 472 g/mol. The number of unbranched alkanes of at least 4 members (excludes halogenated alkanes) is 1. The van der Waals surface area contributed by atoms with E-state index in [0.29, 0.717) is 18.0 Å². The van der Waals surface area contributed by atoms with E-state index in [1.54, 1.807) is 6.92 Å². The van der Waals surface area contributed by atoms with Gasteiger partial charge in [-0.3, -0.25) is 15.5 Å². The van der Waals surface area contributed by atoms with Crippen LogP contribution in [0.3, 0.4) is 0 Å². The molecule has 186 valence electrons. The number of nitrogen functional groups attached to an aromatic ring is 1. The normalized spacial score (nSPS) is 11.8. The summed E-state index contributed by atoms with van der Waals surface area (Å²) in [6.45, 7) is 1.85. The van der Waals surface area contributed by atoms with Crippen molar-refractivity contribution < 1.29 is 19.7 Å². The predicted octanol–water partition coefficient (Wildman–Crippen LogP) is 2.18. The van der Waals surface area contributed by atoms with Gasteiger partial charge in [-0.1, -0.05) is 35.9 Å². The zero-order valence-electron chi connectivity index (χ0n) is 19.3. The number of guanidine groups is 1. The molecule has 0 spiro atoms. The van der Waals surface area contributed by atoms with E-state index in [0.717, 1.165) is 30.0 Å². The number of nitrogens with zero attached hydrogens (tertiary/aromatic N) is 2. The maximum absolute atomic E-state index is 12.3. The van der Waals surface area contributed by atoms with Gasteiger partial charge in [0.05, 0.1) is 12.3 Å². The van der Waals surface area contributed by atoms with Crippen molar-refractivity contribution >= 4 is 40.1 Å². The zero-order valence-corrected chi connectivity index (χ0v) is 20.1. The number of hydrogen-bond donors (Lipinski definition) is 6. The van der Waals surface area contributed by atoms with Crippen molar-refractivity contribution in [1.29, 1.82) is 5.41 Å². The number of aryl methyl sites for hydroxylation is 2. The van der Waals surface area contributed by atoms with Gasteiger partial charge in [0.25, 0.3) is 5.91 Å². The fraction of sp³-hybridized carbons (Fsp3) is 0.333. The van der Waals surface area contributed by atoms with Crippen LogP contribution in [-0.4, -0.2) is 57.9 Å². The third-order valence-electron chi connectivity index (χ3n) is 5.22. The van der Waals surface area contributed by atoms with E-state index >= 15 is 0 Å². The van der Waals surface area contributed by atoms with Crippen molar-refractivity contribution in [3.63, 3.8) is 0 Å². The number of aromatic nitrogens is 2. The monoisotopic (exact) mass is 500 g/mol. The second-order valence-electron chi connectivity index (χ2n) is 8.04. The highest BCUT2D eigenvalue weighted by atomic mass is 35.5. The summed E-state index contributed by atoms with van der Waals surface area (Å²) in [5.41, 5.74) is 7.22. The van der Waals surface area contributed by atoms with Crippen molar-refractivity contribution in [2.45, 2.75) is 32.3 Å². The molecular formula is C24H29ClN6O4. The molecule has 1 heterocycles. The van der Waals surface area contributed by atoms with Crippen LogP contribution in [0.5, 0.6) is 5.75 Å². The van der Waals surface area contributed by atoms with Crippen LogP contribution in [0.1, 0.15) is 34.6 Å². The quantitative estimate of drug-likeness (QED) is 0.140. The molecule has 0 fully saturated rings. The number of rotatable bonds is 10. The van der Waals surface area contributed by atoms with Gasteiger partial charge in [-0.15, -0.1) is 0 Å². The molecule has 1 atom stereocenters. The minimum Gasteiger partial charge on any atom is -0.491 e. The number of halogens is 1. The highest BCUT2D eigenvalue weighted by Gasteiger charge is 2.16. The van der Waals surface area contributed by atoms with E-state index in [-0.39, 0.29) is 35.8 Å². The lowest BCUT2D eigenvalue weighted by molar-refractivity contribution is 0.0536. The first-order chi connectivity index (χ1) is 16.8. The van der Waals surface area contributed by atoms with Gasteiger partial charge in [0.15, 0.2) is 22.6 Å². The van der Waals surface area contributed by atoms with E-state index < -0.39 is 12.0 Å². The molecule has 0 aliphatic rings. The summed E-state index contributed by atoms with van der Waals surface area (Å²) in [7, 11) is 0. The maximum atomic E-state index is 12.3. The molecule has 7 N–H and O–H groups in total. The predicted molar refractivity (Wildman–Crippen MR) is 135 cm³/mol. The first kappa shape index (κ1) is 26.1. The van der Waals surface area contributed by atoms with E-state index in [9.17, 15) is 9.90 Å². The molecule has 11 heteroatoms. The van der Waals surface area contributed by atoms with E-state index in [1.807, 2.05) is 24.3 Å². The molecule has 3 aromatic rings. The molecule has 0 saturated heterocycles. The van der Waals surface area contributed by atoms with Crippen molar-refractivity contribution in [2.75, 3.05) is 25.5 Å². The lowest BCUT2D eigenvalue weighted by atomic mass is 10.0. The molecule has 1 aromatic heterocycles. The van der Waals surface area contributed by atoms with Gasteiger partial charge in [0.1, 0.15) is 18.5 Å². The Hall–Kier alpha value is -3.47. The van der Waals surface area contributed by atoms with Gasteiger partial charge in [-0.05, 0) is 54.7 Å². The highest BCUT2D eigenvalue weighted by molar-refractivity contribution is 6.30. The average Bonchev–Trinajstić information content (AvgIpc) is 2.84. The second-order valence-corrected chi connectivity index (χ2v) is 8.40. The topological polar surface area (TPSA) is 166 Å². The zero-order chi connectivity index (χ0) is 25.4. The second kappa shape index (κ2) is 12.3. The summed E-state index contributed by atoms with van der Waals surface area (Å²) in [4.78, 5) is 20.2. The van der Waals surface area contributed by atoms with Crippen molar-refractivity contribution in [3.05, 3.63) is 58.5 Å². The summed E-state index contributed by atoms with van der Waals surface area (Å²) in [5.74, 6) is -0.206. The number of carbonyl (C=O) groups excluding carboxylic acids is 1. The summed E-state index contributed by atoms with van der Waals surface area (Å²) < 4.78 is 5.49. The van der Waals surface area contributed by atoms with Gasteiger partial charge in [0, 0.05) is 6.54 Å². The molecule has 0 aliphatic carbocycles. The van der Waals surface area contributed by atoms with Crippen LogP contribution in [0.2, 0.25) is 5.15 Å². The summed E-state index contributed by atoms with van der Waals surface area (Å²) in [6, 6.07) is 11.9. The van der Waals surface area contributed by atoms with Gasteiger partial charge < -0.3 is 26.0 Å². The van der Waals surface area contributed by atoms with Crippen LogP contribution in [-0.2, 0) is 6.42 Å². The lowest BCUT2D eigenvalue weighted by Crippen LogP contribution is -2.41. The number of nitrogens with two attached hydrogens (primary N) is 1. The Labute approximate surface area is 208 Å². The van der Waals surface area contributed by atoms with Crippen molar-refractivity contribution in [1.82, 2.24) is 20.6 Å². The number of aliphatic hydroxyl groups is 2. The number of amides is 1. The van der Waals surface area contributed by atoms with Crippen molar-refractivity contribution in [2.24, 2.45) is 0 Å². The molecule has 0 aliphatic heterocycles. The minimum absolute atomic E-state index is 0.0394. The Balaban J connectivity index is 1.41. The average molecular weight is 501 g/mol. The fourth-order valence-electron chi connectivity index (χ4n) is 3.33. The summed E-state index contributed by atoms with van der Waals surface area (Å²) in [5, 5.41) is 33.6. The van der Waals surface area contributed by atoms with Crippen LogP contribution < -0.4 is 21.1 Å². The molecule has 0 bridgehead atoms. The maximum Gasteiger partial charge on any atom is 0.280 e. The summed E-state index contributed by atoms with van der Waals surface area (Å²) >= 11 is 5.90. The van der Waals surface area contributed by atoms with E-state index in [2.05, 4.69) is 32.7 Å². The number of nitrogens with one attached hydrogen (secondary N) is 3. The van der Waals surface area contributed by atoms with Gasteiger partial charge in [-0.2, -0.15) is 0 Å². The fourth-order valence-corrected chi connectivity index (χ4v) is 3.46. The van der Waals surface area contributed by atoms with Crippen molar-refractivity contribution in [3.8, 4) is 5.75 Å². The third-order valence-corrected chi connectivity index (χ3v) is 5.57. The Bertz CT molecular complexity index is 1210. The van der Waals surface area contributed by atoms with E-state index in [4.69, 9.17) is 32.6 Å². The molecule has 10 nitrogen and oxygen atoms in total. The number of anilines is 1. The first-order valence-electron chi connectivity index (χ1n) is 11.1.